The third-order valence-electron chi connectivity index (χ3n) is 6.83. The lowest BCUT2D eigenvalue weighted by Gasteiger charge is -2.22. The zero-order valence-electron chi connectivity index (χ0n) is 20.4. The molecule has 1 saturated carbocycles. The van der Waals surface area contributed by atoms with E-state index in [4.69, 9.17) is 0 Å². The number of rotatable bonds is 6. The fourth-order valence-corrected chi connectivity index (χ4v) is 4.96. The first-order valence-corrected chi connectivity index (χ1v) is 12.4. The predicted octanol–water partition coefficient (Wildman–Crippen LogP) is 3.34. The summed E-state index contributed by atoms with van der Waals surface area (Å²) in [6.45, 7) is 3.40. The van der Waals surface area contributed by atoms with Gasteiger partial charge in [-0.2, -0.15) is 0 Å². The van der Waals surface area contributed by atoms with E-state index in [1.54, 1.807) is 42.5 Å². The van der Waals surface area contributed by atoms with Crippen molar-refractivity contribution < 1.29 is 9.59 Å². The summed E-state index contributed by atoms with van der Waals surface area (Å²) in [6, 6.07) is 13.3. The molecular formula is C27H29N5O4. The molecule has 2 aromatic heterocycles. The number of nitrogens with zero attached hydrogens (tertiary/aromatic N) is 4. The normalized spacial score (nSPS) is 14.5. The molecule has 0 bridgehead atoms. The van der Waals surface area contributed by atoms with Gasteiger partial charge in [-0.25, -0.2) is 13.9 Å². The number of hydrogen-bond donors (Lipinski definition) is 1. The van der Waals surface area contributed by atoms with Crippen molar-refractivity contribution in [2.45, 2.75) is 64.6 Å². The second kappa shape index (κ2) is 9.56. The molecule has 0 aliphatic heterocycles. The topological polar surface area (TPSA) is 107 Å². The molecule has 0 radical (unpaired) electrons. The third kappa shape index (κ3) is 4.25. The van der Waals surface area contributed by atoms with Crippen LogP contribution >= 0.6 is 0 Å². The number of ketones is 1. The summed E-state index contributed by atoms with van der Waals surface area (Å²) in [5, 5.41) is 7.77. The molecule has 5 rings (SSSR count). The molecule has 1 amide bonds. The summed E-state index contributed by atoms with van der Waals surface area (Å²) in [5.41, 5.74) is 0.286. The van der Waals surface area contributed by atoms with E-state index < -0.39 is 5.69 Å². The van der Waals surface area contributed by atoms with E-state index >= 15 is 0 Å². The van der Waals surface area contributed by atoms with Gasteiger partial charge >= 0.3 is 5.69 Å². The molecule has 4 aromatic rings. The Bertz CT molecular complexity index is 1570. The minimum Gasteiger partial charge on any atom is -0.349 e. The summed E-state index contributed by atoms with van der Waals surface area (Å²) < 4.78 is 3.85. The molecule has 0 atom stereocenters. The highest BCUT2D eigenvalue weighted by Crippen LogP contribution is 2.20. The molecule has 1 aliphatic rings. The van der Waals surface area contributed by atoms with Crippen molar-refractivity contribution in [1.82, 2.24) is 24.1 Å². The number of carbonyl (C=O) groups is 2. The number of nitrogens with one attached hydrogen (secondary N) is 1. The van der Waals surface area contributed by atoms with Crippen molar-refractivity contribution in [2.24, 2.45) is 0 Å². The van der Waals surface area contributed by atoms with Crippen molar-refractivity contribution in [3.63, 3.8) is 0 Å². The van der Waals surface area contributed by atoms with Crippen molar-refractivity contribution in [2.75, 3.05) is 0 Å². The van der Waals surface area contributed by atoms with Gasteiger partial charge in [0.2, 0.25) is 5.78 Å². The van der Waals surface area contributed by atoms with Gasteiger partial charge in [-0.05, 0) is 44.9 Å². The summed E-state index contributed by atoms with van der Waals surface area (Å²) in [7, 11) is 0. The molecule has 186 valence electrons. The van der Waals surface area contributed by atoms with E-state index in [0.29, 0.717) is 22.0 Å². The standard InChI is InChI=1S/C27H29N5O4/c1-17(2)31-25(35)21-14-13-19(24(34)28-20-11-7-4-8-12-20)15-22(21)32-26(31)29-30(27(32)36)16-23(33)18-9-5-3-6-10-18/h3,5-6,9-10,13-15,17,20H,4,7-8,11-12,16H2,1-2H3,(H,28,34). The Morgan fingerprint density at radius 2 is 1.72 bits per heavy atom. The van der Waals surface area contributed by atoms with Crippen LogP contribution in [0.5, 0.6) is 0 Å². The molecule has 2 aromatic carbocycles. The van der Waals surface area contributed by atoms with Gasteiger partial charge in [0.1, 0.15) is 6.54 Å². The van der Waals surface area contributed by atoms with Gasteiger partial charge in [-0.15, -0.1) is 5.10 Å². The minimum atomic E-state index is -0.543. The molecule has 9 heteroatoms. The average molecular weight is 488 g/mol. The first kappa shape index (κ1) is 23.7. The summed E-state index contributed by atoms with van der Waals surface area (Å²) in [5.74, 6) is -0.362. The van der Waals surface area contributed by atoms with Crippen LogP contribution in [0, 0.1) is 0 Å². The molecule has 0 spiro atoms. The first-order valence-electron chi connectivity index (χ1n) is 12.4. The maximum atomic E-state index is 13.5. The van der Waals surface area contributed by atoms with Gasteiger partial charge in [-0.3, -0.25) is 19.0 Å². The van der Waals surface area contributed by atoms with Gasteiger partial charge in [0, 0.05) is 23.2 Å². The maximum absolute atomic E-state index is 13.5. The molecule has 1 fully saturated rings. The van der Waals surface area contributed by atoms with E-state index in [2.05, 4.69) is 10.4 Å². The van der Waals surface area contributed by atoms with Crippen LogP contribution in [0.3, 0.4) is 0 Å². The molecule has 1 aliphatic carbocycles. The number of Topliss-reactive ketones (excluding diaryl/α,β-unsaturated/α-hetero) is 1. The number of carbonyl (C=O) groups excluding carboxylic acids is 2. The zero-order chi connectivity index (χ0) is 25.4. The molecule has 9 nitrogen and oxygen atoms in total. The lowest BCUT2D eigenvalue weighted by Crippen LogP contribution is -2.36. The monoisotopic (exact) mass is 487 g/mol. The van der Waals surface area contributed by atoms with Crippen LogP contribution in [-0.4, -0.2) is 36.5 Å². The Labute approximate surface area is 207 Å². The summed E-state index contributed by atoms with van der Waals surface area (Å²) in [6.07, 6.45) is 5.26. The average Bonchev–Trinajstić information content (AvgIpc) is 3.20. The van der Waals surface area contributed by atoms with Gasteiger partial charge in [0.25, 0.3) is 11.5 Å². The number of amides is 1. The van der Waals surface area contributed by atoms with Crippen molar-refractivity contribution in [3.8, 4) is 0 Å². The molecule has 1 N–H and O–H groups in total. The van der Waals surface area contributed by atoms with E-state index in [1.165, 1.54) is 15.4 Å². The summed E-state index contributed by atoms with van der Waals surface area (Å²) >= 11 is 0. The Hall–Kier alpha value is -4.01. The van der Waals surface area contributed by atoms with Gasteiger partial charge in [-0.1, -0.05) is 49.6 Å². The molecule has 2 heterocycles. The van der Waals surface area contributed by atoms with E-state index in [9.17, 15) is 19.2 Å². The van der Waals surface area contributed by atoms with E-state index in [1.807, 2.05) is 19.9 Å². The Morgan fingerprint density at radius 3 is 2.42 bits per heavy atom. The maximum Gasteiger partial charge on any atom is 0.352 e. The van der Waals surface area contributed by atoms with Crippen LogP contribution in [0.1, 0.15) is 72.7 Å². The van der Waals surface area contributed by atoms with E-state index in [-0.39, 0.29) is 41.7 Å². The molecule has 0 unspecified atom stereocenters. The molecular weight excluding hydrogens is 458 g/mol. The largest absolute Gasteiger partial charge is 0.352 e. The van der Waals surface area contributed by atoms with Gasteiger partial charge in [0.05, 0.1) is 10.9 Å². The second-order valence-corrected chi connectivity index (χ2v) is 9.67. The predicted molar refractivity (Wildman–Crippen MR) is 137 cm³/mol. The number of hydrogen-bond acceptors (Lipinski definition) is 5. The van der Waals surface area contributed by atoms with E-state index in [0.717, 1.165) is 30.4 Å². The fraction of sp³-hybridized carbons (Fsp3) is 0.370. The lowest BCUT2D eigenvalue weighted by molar-refractivity contribution is 0.0926. The smallest absolute Gasteiger partial charge is 0.349 e. The highest BCUT2D eigenvalue weighted by molar-refractivity contribution is 5.98. The Morgan fingerprint density at radius 1 is 1.00 bits per heavy atom. The van der Waals surface area contributed by atoms with Crippen molar-refractivity contribution >= 4 is 28.4 Å². The van der Waals surface area contributed by atoms with Crippen LogP contribution in [0.2, 0.25) is 0 Å². The van der Waals surface area contributed by atoms with Crippen LogP contribution in [0.15, 0.2) is 58.1 Å². The van der Waals surface area contributed by atoms with Crippen LogP contribution in [0.4, 0.5) is 0 Å². The van der Waals surface area contributed by atoms with Crippen molar-refractivity contribution in [3.05, 3.63) is 80.5 Å². The number of aromatic nitrogens is 4. The second-order valence-electron chi connectivity index (χ2n) is 9.67. The van der Waals surface area contributed by atoms with Crippen LogP contribution in [0.25, 0.3) is 16.7 Å². The zero-order valence-corrected chi connectivity index (χ0v) is 20.4. The lowest BCUT2D eigenvalue weighted by atomic mass is 9.95. The Balaban J connectivity index is 1.63. The summed E-state index contributed by atoms with van der Waals surface area (Å²) in [4.78, 5) is 52.7. The highest BCUT2D eigenvalue weighted by atomic mass is 16.2. The van der Waals surface area contributed by atoms with Gasteiger partial charge in [0.15, 0.2) is 5.78 Å². The third-order valence-corrected chi connectivity index (χ3v) is 6.83. The Kier molecular flexibility index (Phi) is 6.30. The quantitative estimate of drug-likeness (QED) is 0.420. The minimum absolute atomic E-state index is 0.130. The SMILES string of the molecule is CC(C)n1c(=O)c2ccc(C(=O)NC3CCCCC3)cc2n2c(=O)n(CC(=O)c3ccccc3)nc12. The van der Waals surface area contributed by atoms with Gasteiger partial charge < -0.3 is 5.32 Å². The highest BCUT2D eigenvalue weighted by Gasteiger charge is 2.22. The first-order chi connectivity index (χ1) is 17.3. The number of benzene rings is 2. The number of fused-ring (bicyclic) bond motifs is 3. The molecule has 0 saturated heterocycles. The fourth-order valence-electron chi connectivity index (χ4n) is 4.96. The van der Waals surface area contributed by atoms with Crippen molar-refractivity contribution in [1.29, 1.82) is 0 Å². The molecule has 36 heavy (non-hydrogen) atoms. The van der Waals surface area contributed by atoms with Crippen LogP contribution in [-0.2, 0) is 6.54 Å². The van der Waals surface area contributed by atoms with Crippen LogP contribution < -0.4 is 16.6 Å².